The molecule has 2 unspecified atom stereocenters. The molecule has 1 heterocycles. The van der Waals surface area contributed by atoms with Crippen LogP contribution >= 0.6 is 11.3 Å². The van der Waals surface area contributed by atoms with Gasteiger partial charge in [-0.05, 0) is 47.9 Å². The molecule has 1 N–H and O–H groups in total. The average molecular weight is 270 g/mol. The van der Waals surface area contributed by atoms with Crippen LogP contribution in [-0.2, 0) is 0 Å². The first-order valence-electron chi connectivity index (χ1n) is 7.00. The lowest BCUT2D eigenvalue weighted by molar-refractivity contribution is 0.514. The van der Waals surface area contributed by atoms with Crippen molar-refractivity contribution in [2.24, 2.45) is 5.92 Å². The number of hydrogen-bond acceptors (Lipinski definition) is 3. The minimum absolute atomic E-state index is 0.153. The Morgan fingerprint density at radius 2 is 2.05 bits per heavy atom. The number of rotatable bonds is 2. The van der Waals surface area contributed by atoms with Crippen LogP contribution in [0, 0.1) is 17.2 Å². The third-order valence-corrected chi connectivity index (χ3v) is 4.88. The predicted molar refractivity (Wildman–Crippen MR) is 81.4 cm³/mol. The molecule has 0 bridgehead atoms. The maximum Gasteiger partial charge on any atom is 0.0677 e. The van der Waals surface area contributed by atoms with Crippen molar-refractivity contribution in [3.63, 3.8) is 0 Å². The summed E-state index contributed by atoms with van der Waals surface area (Å²) in [5.41, 5.74) is 1.15. The standard InChI is InChI=1S/C16H18N2S/c17-11-13-4-2-1-3-5-15(13)18-14-6-7-16-12(10-14)8-9-19-16/h6-10,13,15,18H,1-5H2. The topological polar surface area (TPSA) is 35.8 Å². The number of anilines is 1. The Morgan fingerprint density at radius 3 is 2.95 bits per heavy atom. The van der Waals surface area contributed by atoms with E-state index in [-0.39, 0.29) is 5.92 Å². The van der Waals surface area contributed by atoms with Crippen molar-refractivity contribution in [1.82, 2.24) is 0 Å². The number of nitriles is 1. The van der Waals surface area contributed by atoms with Crippen molar-refractivity contribution >= 4 is 27.1 Å². The highest BCUT2D eigenvalue weighted by Gasteiger charge is 2.23. The summed E-state index contributed by atoms with van der Waals surface area (Å²) in [6.45, 7) is 0. The SMILES string of the molecule is N#CC1CCCCCC1Nc1ccc2sccc2c1. The lowest BCUT2D eigenvalue weighted by Gasteiger charge is -2.22. The number of fused-ring (bicyclic) bond motifs is 1. The van der Waals surface area contributed by atoms with Gasteiger partial charge in [0.05, 0.1) is 12.0 Å². The molecule has 1 saturated carbocycles. The summed E-state index contributed by atoms with van der Waals surface area (Å²) in [6.07, 6.45) is 5.84. The summed E-state index contributed by atoms with van der Waals surface area (Å²) in [5, 5.41) is 16.3. The van der Waals surface area contributed by atoms with Gasteiger partial charge in [-0.25, -0.2) is 0 Å². The minimum Gasteiger partial charge on any atom is -0.381 e. The van der Waals surface area contributed by atoms with E-state index in [0.717, 1.165) is 18.5 Å². The van der Waals surface area contributed by atoms with Crippen LogP contribution in [0.5, 0.6) is 0 Å². The van der Waals surface area contributed by atoms with E-state index in [1.165, 1.54) is 29.3 Å². The molecule has 1 aliphatic carbocycles. The van der Waals surface area contributed by atoms with Crippen LogP contribution in [0.2, 0.25) is 0 Å². The predicted octanol–water partition coefficient (Wildman–Crippen LogP) is 4.79. The summed E-state index contributed by atoms with van der Waals surface area (Å²) in [7, 11) is 0. The zero-order chi connectivity index (χ0) is 13.1. The summed E-state index contributed by atoms with van der Waals surface area (Å²) >= 11 is 1.77. The second-order valence-electron chi connectivity index (χ2n) is 5.30. The second kappa shape index (κ2) is 5.63. The fraction of sp³-hybridized carbons (Fsp3) is 0.438. The lowest BCUT2D eigenvalue weighted by Crippen LogP contribution is -2.27. The Bertz CT molecular complexity index is 596. The summed E-state index contributed by atoms with van der Waals surface area (Å²) < 4.78 is 1.32. The molecule has 3 heteroatoms. The molecule has 2 aromatic rings. The number of hydrogen-bond donors (Lipinski definition) is 1. The van der Waals surface area contributed by atoms with E-state index >= 15 is 0 Å². The molecule has 3 rings (SSSR count). The number of thiophene rings is 1. The molecule has 2 atom stereocenters. The van der Waals surface area contributed by atoms with Gasteiger partial charge in [-0.15, -0.1) is 11.3 Å². The molecular weight excluding hydrogens is 252 g/mol. The number of nitrogens with zero attached hydrogens (tertiary/aromatic N) is 1. The van der Waals surface area contributed by atoms with E-state index in [0.29, 0.717) is 6.04 Å². The molecule has 0 saturated heterocycles. The molecule has 1 aliphatic rings. The van der Waals surface area contributed by atoms with Gasteiger partial charge in [0, 0.05) is 16.4 Å². The quantitative estimate of drug-likeness (QED) is 0.797. The molecule has 1 fully saturated rings. The molecule has 98 valence electrons. The van der Waals surface area contributed by atoms with E-state index in [4.69, 9.17) is 0 Å². The molecule has 0 radical (unpaired) electrons. The first-order valence-corrected chi connectivity index (χ1v) is 7.88. The van der Waals surface area contributed by atoms with Gasteiger partial charge in [-0.3, -0.25) is 0 Å². The monoisotopic (exact) mass is 270 g/mol. The zero-order valence-electron chi connectivity index (χ0n) is 10.9. The van der Waals surface area contributed by atoms with Crippen LogP contribution in [0.1, 0.15) is 32.1 Å². The number of nitrogens with one attached hydrogen (secondary N) is 1. The van der Waals surface area contributed by atoms with Gasteiger partial charge >= 0.3 is 0 Å². The first kappa shape index (κ1) is 12.5. The summed E-state index contributed by atoms with van der Waals surface area (Å²) in [5.74, 6) is 0.153. The van der Waals surface area contributed by atoms with E-state index in [9.17, 15) is 5.26 Å². The molecule has 0 spiro atoms. The maximum absolute atomic E-state index is 9.31. The van der Waals surface area contributed by atoms with Crippen molar-refractivity contribution in [3.8, 4) is 6.07 Å². The van der Waals surface area contributed by atoms with Crippen molar-refractivity contribution < 1.29 is 0 Å². The normalized spacial score (nSPS) is 23.7. The van der Waals surface area contributed by atoms with Crippen molar-refractivity contribution in [3.05, 3.63) is 29.6 Å². The van der Waals surface area contributed by atoms with Gasteiger partial charge in [-0.2, -0.15) is 5.26 Å². The van der Waals surface area contributed by atoms with Crippen molar-refractivity contribution in [2.75, 3.05) is 5.32 Å². The van der Waals surface area contributed by atoms with E-state index in [2.05, 4.69) is 41.0 Å². The first-order chi connectivity index (χ1) is 9.36. The second-order valence-corrected chi connectivity index (χ2v) is 6.25. The van der Waals surface area contributed by atoms with Gasteiger partial charge in [0.25, 0.3) is 0 Å². The third-order valence-electron chi connectivity index (χ3n) is 3.99. The van der Waals surface area contributed by atoms with E-state index in [1.807, 2.05) is 0 Å². The molecule has 0 amide bonds. The van der Waals surface area contributed by atoms with Crippen LogP contribution in [0.4, 0.5) is 5.69 Å². The van der Waals surface area contributed by atoms with Crippen LogP contribution < -0.4 is 5.32 Å². The minimum atomic E-state index is 0.153. The van der Waals surface area contributed by atoms with Crippen molar-refractivity contribution in [2.45, 2.75) is 38.1 Å². The Hall–Kier alpha value is -1.53. The van der Waals surface area contributed by atoms with Gasteiger partial charge in [0.2, 0.25) is 0 Å². The third kappa shape index (κ3) is 2.74. The largest absolute Gasteiger partial charge is 0.381 e. The Balaban J connectivity index is 1.80. The Morgan fingerprint density at radius 1 is 1.16 bits per heavy atom. The highest BCUT2D eigenvalue weighted by Crippen LogP contribution is 2.28. The van der Waals surface area contributed by atoms with Crippen LogP contribution in [0.25, 0.3) is 10.1 Å². The molecule has 2 nitrogen and oxygen atoms in total. The zero-order valence-corrected chi connectivity index (χ0v) is 11.7. The van der Waals surface area contributed by atoms with Crippen LogP contribution in [0.3, 0.4) is 0 Å². The van der Waals surface area contributed by atoms with E-state index in [1.54, 1.807) is 11.3 Å². The van der Waals surface area contributed by atoms with Gasteiger partial charge in [0.15, 0.2) is 0 Å². The Labute approximate surface area is 118 Å². The van der Waals surface area contributed by atoms with Crippen molar-refractivity contribution in [1.29, 1.82) is 5.26 Å². The van der Waals surface area contributed by atoms with Gasteiger partial charge in [0.1, 0.15) is 0 Å². The highest BCUT2D eigenvalue weighted by molar-refractivity contribution is 7.17. The van der Waals surface area contributed by atoms with Crippen LogP contribution in [0.15, 0.2) is 29.6 Å². The molecule has 0 aliphatic heterocycles. The number of benzene rings is 1. The molecular formula is C16H18N2S. The molecule has 1 aromatic carbocycles. The lowest BCUT2D eigenvalue weighted by atomic mass is 9.96. The average Bonchev–Trinajstić information content (AvgIpc) is 2.78. The van der Waals surface area contributed by atoms with Gasteiger partial charge in [-0.1, -0.05) is 19.3 Å². The smallest absolute Gasteiger partial charge is 0.0677 e. The summed E-state index contributed by atoms with van der Waals surface area (Å²) in [4.78, 5) is 0. The highest BCUT2D eigenvalue weighted by atomic mass is 32.1. The van der Waals surface area contributed by atoms with E-state index < -0.39 is 0 Å². The van der Waals surface area contributed by atoms with Gasteiger partial charge < -0.3 is 5.32 Å². The summed E-state index contributed by atoms with van der Waals surface area (Å²) in [6, 6.07) is 11.5. The molecule has 19 heavy (non-hydrogen) atoms. The molecule has 1 aromatic heterocycles. The fourth-order valence-corrected chi connectivity index (χ4v) is 3.68. The Kier molecular flexibility index (Phi) is 3.70. The van der Waals surface area contributed by atoms with Crippen LogP contribution in [-0.4, -0.2) is 6.04 Å². The maximum atomic E-state index is 9.31. The fourth-order valence-electron chi connectivity index (χ4n) is 2.91.